The maximum absolute atomic E-state index is 12.6. The second-order valence-electron chi connectivity index (χ2n) is 7.98. The number of carbonyl (C=O) groups excluding carboxylic acids is 1. The Morgan fingerprint density at radius 1 is 1.08 bits per heavy atom. The molecule has 1 heterocycles. The Labute approximate surface area is 143 Å². The van der Waals surface area contributed by atoms with Gasteiger partial charge >= 0.3 is 0 Å². The molecule has 0 saturated heterocycles. The van der Waals surface area contributed by atoms with E-state index in [0.717, 1.165) is 0 Å². The molecule has 1 N–H and O–H groups in total. The van der Waals surface area contributed by atoms with Crippen LogP contribution in [0.25, 0.3) is 0 Å². The van der Waals surface area contributed by atoms with Gasteiger partial charge in [-0.3, -0.25) is 9.78 Å². The normalized spacial score (nSPS) is 28.6. The van der Waals surface area contributed by atoms with Gasteiger partial charge in [0.25, 0.3) is 5.91 Å². The van der Waals surface area contributed by atoms with E-state index in [1.807, 2.05) is 12.1 Å². The second-order valence-corrected chi connectivity index (χ2v) is 7.98. The van der Waals surface area contributed by atoms with Crippen LogP contribution in [0.2, 0.25) is 0 Å². The summed E-state index contributed by atoms with van der Waals surface area (Å²) in [6, 6.07) is 14.7. The van der Waals surface area contributed by atoms with Crippen LogP contribution in [-0.4, -0.2) is 16.9 Å². The van der Waals surface area contributed by atoms with E-state index in [1.54, 1.807) is 12.4 Å². The first-order valence-corrected chi connectivity index (χ1v) is 8.81. The second kappa shape index (κ2) is 5.44. The molecule has 3 aliphatic rings. The van der Waals surface area contributed by atoms with Crippen molar-refractivity contribution in [1.29, 1.82) is 0 Å². The van der Waals surface area contributed by atoms with Crippen molar-refractivity contribution in [2.75, 3.05) is 0 Å². The van der Waals surface area contributed by atoms with Gasteiger partial charge in [0.15, 0.2) is 0 Å². The third-order valence-corrected chi connectivity index (χ3v) is 5.99. The molecule has 3 saturated carbocycles. The standard InChI is InChI=1S/C21H24N2O/c1-15(2)18(23-19(24)16-7-6-10-22-11-16)21-12-20(13-21,14-21)17-8-4-3-5-9-17/h3-11,15,18H,12-14H2,1-2H3,(H,23,24). The zero-order chi connectivity index (χ0) is 16.8. The van der Waals surface area contributed by atoms with E-state index >= 15 is 0 Å². The SMILES string of the molecule is CC(C)C(NC(=O)c1cccnc1)C12CC(c3ccccc3)(C1)C2. The Kier molecular flexibility index (Phi) is 3.48. The number of aromatic nitrogens is 1. The summed E-state index contributed by atoms with van der Waals surface area (Å²) in [7, 11) is 0. The Hall–Kier alpha value is -2.16. The summed E-state index contributed by atoms with van der Waals surface area (Å²) in [5.41, 5.74) is 2.76. The first-order valence-electron chi connectivity index (χ1n) is 8.81. The van der Waals surface area contributed by atoms with E-state index in [2.05, 4.69) is 54.5 Å². The highest BCUT2D eigenvalue weighted by Gasteiger charge is 2.71. The molecular weight excluding hydrogens is 296 g/mol. The minimum atomic E-state index is 0.000265. The Balaban J connectivity index is 1.48. The van der Waals surface area contributed by atoms with Crippen molar-refractivity contribution in [3.05, 3.63) is 66.0 Å². The third kappa shape index (κ3) is 2.26. The first-order chi connectivity index (χ1) is 11.5. The van der Waals surface area contributed by atoms with E-state index in [-0.39, 0.29) is 17.4 Å². The molecule has 3 aliphatic carbocycles. The average Bonchev–Trinajstić information content (AvgIpc) is 2.53. The summed E-state index contributed by atoms with van der Waals surface area (Å²) >= 11 is 0. The molecule has 2 bridgehead atoms. The van der Waals surface area contributed by atoms with E-state index in [4.69, 9.17) is 0 Å². The van der Waals surface area contributed by atoms with Gasteiger partial charge in [0, 0.05) is 18.4 Å². The molecule has 1 atom stereocenters. The quantitative estimate of drug-likeness (QED) is 0.906. The molecule has 0 radical (unpaired) electrons. The number of pyridine rings is 1. The predicted octanol–water partition coefficient (Wildman–Crippen LogP) is 3.96. The number of hydrogen-bond acceptors (Lipinski definition) is 2. The highest BCUT2D eigenvalue weighted by atomic mass is 16.1. The molecule has 3 heteroatoms. The van der Waals surface area contributed by atoms with Crippen molar-refractivity contribution in [1.82, 2.24) is 10.3 Å². The van der Waals surface area contributed by atoms with Crippen LogP contribution in [0, 0.1) is 11.3 Å². The Bertz CT molecular complexity index is 719. The van der Waals surface area contributed by atoms with Gasteiger partial charge in [0.1, 0.15) is 0 Å². The van der Waals surface area contributed by atoms with Gasteiger partial charge in [-0.05, 0) is 53.7 Å². The molecule has 1 aromatic carbocycles. The van der Waals surface area contributed by atoms with E-state index < -0.39 is 0 Å². The fourth-order valence-electron chi connectivity index (χ4n) is 5.04. The number of hydrogen-bond donors (Lipinski definition) is 1. The molecule has 3 nitrogen and oxygen atoms in total. The highest BCUT2D eigenvalue weighted by molar-refractivity contribution is 5.94. The van der Waals surface area contributed by atoms with Crippen LogP contribution < -0.4 is 5.32 Å². The molecule has 5 rings (SSSR count). The fourth-order valence-corrected chi connectivity index (χ4v) is 5.04. The van der Waals surface area contributed by atoms with Crippen LogP contribution in [-0.2, 0) is 5.41 Å². The van der Waals surface area contributed by atoms with Crippen molar-refractivity contribution >= 4 is 5.91 Å². The number of carbonyl (C=O) groups is 1. The van der Waals surface area contributed by atoms with Gasteiger partial charge in [0.2, 0.25) is 0 Å². The molecule has 24 heavy (non-hydrogen) atoms. The summed E-state index contributed by atoms with van der Waals surface area (Å²) in [6.45, 7) is 4.42. The molecule has 1 amide bonds. The molecule has 124 valence electrons. The topological polar surface area (TPSA) is 42.0 Å². The number of amides is 1. The van der Waals surface area contributed by atoms with E-state index in [1.165, 1.54) is 24.8 Å². The number of nitrogens with one attached hydrogen (secondary N) is 1. The zero-order valence-electron chi connectivity index (χ0n) is 14.3. The van der Waals surface area contributed by atoms with Crippen LogP contribution in [0.3, 0.4) is 0 Å². The number of nitrogens with zero attached hydrogens (tertiary/aromatic N) is 1. The zero-order valence-corrected chi connectivity index (χ0v) is 14.3. The molecule has 0 aliphatic heterocycles. The minimum absolute atomic E-state index is 0.000265. The molecule has 2 aromatic rings. The van der Waals surface area contributed by atoms with Crippen LogP contribution in [0.1, 0.15) is 49.0 Å². The van der Waals surface area contributed by atoms with Crippen molar-refractivity contribution < 1.29 is 4.79 Å². The summed E-state index contributed by atoms with van der Waals surface area (Å²) < 4.78 is 0. The van der Waals surface area contributed by atoms with Gasteiger partial charge in [-0.1, -0.05) is 44.2 Å². The van der Waals surface area contributed by atoms with E-state index in [0.29, 0.717) is 16.9 Å². The maximum Gasteiger partial charge on any atom is 0.253 e. The lowest BCUT2D eigenvalue weighted by Crippen LogP contribution is -2.72. The van der Waals surface area contributed by atoms with Gasteiger partial charge in [0.05, 0.1) is 5.56 Å². The van der Waals surface area contributed by atoms with Crippen LogP contribution in [0.4, 0.5) is 0 Å². The monoisotopic (exact) mass is 320 g/mol. The number of benzene rings is 1. The number of rotatable bonds is 5. The molecule has 3 fully saturated rings. The van der Waals surface area contributed by atoms with Crippen LogP contribution in [0.5, 0.6) is 0 Å². The summed E-state index contributed by atoms with van der Waals surface area (Å²) in [4.78, 5) is 16.6. The Morgan fingerprint density at radius 2 is 1.79 bits per heavy atom. The average molecular weight is 320 g/mol. The lowest BCUT2D eigenvalue weighted by molar-refractivity contribution is -0.170. The smallest absolute Gasteiger partial charge is 0.253 e. The highest BCUT2D eigenvalue weighted by Crippen LogP contribution is 2.75. The van der Waals surface area contributed by atoms with Gasteiger partial charge in [-0.25, -0.2) is 0 Å². The predicted molar refractivity (Wildman–Crippen MR) is 94.7 cm³/mol. The van der Waals surface area contributed by atoms with Gasteiger partial charge in [-0.15, -0.1) is 0 Å². The first kappa shape index (κ1) is 15.4. The lowest BCUT2D eigenvalue weighted by atomic mass is 9.31. The van der Waals surface area contributed by atoms with Crippen molar-refractivity contribution in [3.63, 3.8) is 0 Å². The van der Waals surface area contributed by atoms with Gasteiger partial charge in [-0.2, -0.15) is 0 Å². The van der Waals surface area contributed by atoms with Gasteiger partial charge < -0.3 is 5.32 Å². The third-order valence-electron chi connectivity index (χ3n) is 5.99. The summed E-state index contributed by atoms with van der Waals surface area (Å²) in [6.07, 6.45) is 6.92. The van der Waals surface area contributed by atoms with E-state index in [9.17, 15) is 4.79 Å². The largest absolute Gasteiger partial charge is 0.348 e. The summed E-state index contributed by atoms with van der Waals surface area (Å²) in [5.74, 6) is 0.431. The molecule has 1 unspecified atom stereocenters. The Morgan fingerprint density at radius 3 is 2.38 bits per heavy atom. The maximum atomic E-state index is 12.6. The molecular formula is C21H24N2O. The fraction of sp³-hybridized carbons (Fsp3) is 0.429. The van der Waals surface area contributed by atoms with Crippen molar-refractivity contribution in [2.45, 2.75) is 44.6 Å². The lowest BCUT2D eigenvalue weighted by Gasteiger charge is -2.74. The van der Waals surface area contributed by atoms with Crippen molar-refractivity contribution in [2.24, 2.45) is 11.3 Å². The summed E-state index contributed by atoms with van der Waals surface area (Å²) in [5, 5.41) is 3.30. The molecule has 0 spiro atoms. The minimum Gasteiger partial charge on any atom is -0.348 e. The van der Waals surface area contributed by atoms with Crippen LogP contribution in [0.15, 0.2) is 54.9 Å². The van der Waals surface area contributed by atoms with Crippen molar-refractivity contribution in [3.8, 4) is 0 Å². The molecule has 1 aromatic heterocycles. The van der Waals surface area contributed by atoms with Crippen LogP contribution >= 0.6 is 0 Å².